The van der Waals surface area contributed by atoms with Gasteiger partial charge < -0.3 is 5.43 Å². The number of nitrogens with zero attached hydrogens (tertiary/aromatic N) is 1. The zero-order valence-corrected chi connectivity index (χ0v) is 7.63. The Balaban J connectivity index is 2.87. The molecule has 0 aliphatic rings. The largest absolute Gasteiger partial charge is 0.306 e. The SMILES string of the molecule is CN=C(NNC)c1ccc(F)cc1. The van der Waals surface area contributed by atoms with E-state index in [1.165, 1.54) is 12.1 Å². The van der Waals surface area contributed by atoms with E-state index < -0.39 is 0 Å². The van der Waals surface area contributed by atoms with Crippen molar-refractivity contribution < 1.29 is 4.39 Å². The number of halogens is 1. The fraction of sp³-hybridized carbons (Fsp3) is 0.222. The van der Waals surface area contributed by atoms with E-state index in [2.05, 4.69) is 15.8 Å². The Kier molecular flexibility index (Phi) is 3.40. The Morgan fingerprint density at radius 1 is 1.31 bits per heavy atom. The van der Waals surface area contributed by atoms with Crippen molar-refractivity contribution in [3.63, 3.8) is 0 Å². The predicted molar refractivity (Wildman–Crippen MR) is 51.1 cm³/mol. The van der Waals surface area contributed by atoms with Crippen LogP contribution in [0.15, 0.2) is 29.3 Å². The summed E-state index contributed by atoms with van der Waals surface area (Å²) in [5.41, 5.74) is 6.45. The summed E-state index contributed by atoms with van der Waals surface area (Å²) < 4.78 is 12.6. The van der Waals surface area contributed by atoms with Crippen LogP contribution in [0.4, 0.5) is 4.39 Å². The van der Waals surface area contributed by atoms with Gasteiger partial charge in [0.15, 0.2) is 0 Å². The molecular formula is C9H12FN3. The second-order valence-electron chi connectivity index (χ2n) is 2.45. The summed E-state index contributed by atoms with van der Waals surface area (Å²) in [5, 5.41) is 0. The van der Waals surface area contributed by atoms with Crippen molar-refractivity contribution in [2.24, 2.45) is 4.99 Å². The van der Waals surface area contributed by atoms with E-state index in [0.29, 0.717) is 5.84 Å². The summed E-state index contributed by atoms with van der Waals surface area (Å²) >= 11 is 0. The molecule has 0 saturated heterocycles. The standard InChI is InChI=1S/C9H12FN3/c1-11-9(13-12-2)7-3-5-8(10)6-4-7/h3-6,12H,1-2H3,(H,11,13). The van der Waals surface area contributed by atoms with Gasteiger partial charge in [-0.3, -0.25) is 4.99 Å². The van der Waals surface area contributed by atoms with Crippen LogP contribution in [0, 0.1) is 5.82 Å². The topological polar surface area (TPSA) is 36.4 Å². The summed E-state index contributed by atoms with van der Waals surface area (Å²) in [6, 6.07) is 6.14. The number of rotatable bonds is 2. The third-order valence-corrected chi connectivity index (χ3v) is 1.58. The smallest absolute Gasteiger partial charge is 0.142 e. The van der Waals surface area contributed by atoms with Crippen LogP contribution >= 0.6 is 0 Å². The van der Waals surface area contributed by atoms with Crippen LogP contribution in [-0.2, 0) is 0 Å². The van der Waals surface area contributed by atoms with Gasteiger partial charge in [0.1, 0.15) is 11.7 Å². The molecule has 0 aromatic heterocycles. The molecule has 13 heavy (non-hydrogen) atoms. The summed E-state index contributed by atoms with van der Waals surface area (Å²) in [7, 11) is 3.41. The quantitative estimate of drug-likeness (QED) is 0.404. The molecule has 0 aliphatic heterocycles. The van der Waals surface area contributed by atoms with Crippen molar-refractivity contribution in [3.8, 4) is 0 Å². The Morgan fingerprint density at radius 3 is 2.38 bits per heavy atom. The average Bonchev–Trinajstić information content (AvgIpc) is 2.16. The van der Waals surface area contributed by atoms with Gasteiger partial charge in [0.05, 0.1) is 0 Å². The zero-order chi connectivity index (χ0) is 9.68. The summed E-state index contributed by atoms with van der Waals surface area (Å²) in [6.07, 6.45) is 0. The van der Waals surface area contributed by atoms with Gasteiger partial charge in [-0.2, -0.15) is 0 Å². The second kappa shape index (κ2) is 4.57. The molecule has 1 rings (SSSR count). The predicted octanol–water partition coefficient (Wildman–Crippen LogP) is 0.926. The van der Waals surface area contributed by atoms with E-state index in [9.17, 15) is 4.39 Å². The van der Waals surface area contributed by atoms with Crippen molar-refractivity contribution >= 4 is 5.84 Å². The van der Waals surface area contributed by atoms with Crippen LogP contribution in [0.25, 0.3) is 0 Å². The van der Waals surface area contributed by atoms with E-state index in [1.807, 2.05) is 0 Å². The second-order valence-corrected chi connectivity index (χ2v) is 2.45. The molecule has 0 amide bonds. The number of aliphatic imine (C=N–C) groups is 1. The molecule has 0 atom stereocenters. The Bertz CT molecular complexity index is 292. The molecule has 2 N–H and O–H groups in total. The van der Waals surface area contributed by atoms with Gasteiger partial charge in [0.25, 0.3) is 0 Å². The molecule has 0 saturated carbocycles. The highest BCUT2D eigenvalue weighted by Crippen LogP contribution is 2.02. The van der Waals surface area contributed by atoms with Crippen LogP contribution in [0.3, 0.4) is 0 Å². The lowest BCUT2D eigenvalue weighted by molar-refractivity contribution is 0.627. The highest BCUT2D eigenvalue weighted by Gasteiger charge is 1.99. The highest BCUT2D eigenvalue weighted by atomic mass is 19.1. The van der Waals surface area contributed by atoms with E-state index in [0.717, 1.165) is 5.56 Å². The van der Waals surface area contributed by atoms with Gasteiger partial charge in [-0.25, -0.2) is 9.82 Å². The molecule has 70 valence electrons. The number of nitrogens with one attached hydrogen (secondary N) is 2. The molecule has 0 heterocycles. The first-order chi connectivity index (χ1) is 6.27. The lowest BCUT2D eigenvalue weighted by Gasteiger charge is -2.07. The van der Waals surface area contributed by atoms with E-state index in [1.54, 1.807) is 26.2 Å². The number of amidine groups is 1. The van der Waals surface area contributed by atoms with Crippen LogP contribution in [0.1, 0.15) is 5.56 Å². The Labute approximate surface area is 76.7 Å². The monoisotopic (exact) mass is 181 g/mol. The molecule has 1 aromatic carbocycles. The van der Waals surface area contributed by atoms with Crippen LogP contribution < -0.4 is 10.9 Å². The Hall–Kier alpha value is -1.42. The lowest BCUT2D eigenvalue weighted by Crippen LogP contribution is -2.34. The fourth-order valence-electron chi connectivity index (χ4n) is 0.983. The number of hydrogen-bond donors (Lipinski definition) is 2. The molecule has 4 heteroatoms. The van der Waals surface area contributed by atoms with Crippen LogP contribution in [0.5, 0.6) is 0 Å². The summed E-state index contributed by atoms with van der Waals surface area (Å²) in [4.78, 5) is 4.00. The van der Waals surface area contributed by atoms with Gasteiger partial charge in [0, 0.05) is 19.7 Å². The normalized spacial score (nSPS) is 11.5. The van der Waals surface area contributed by atoms with E-state index in [4.69, 9.17) is 0 Å². The maximum absolute atomic E-state index is 12.6. The van der Waals surface area contributed by atoms with Crippen molar-refractivity contribution in [3.05, 3.63) is 35.6 Å². The van der Waals surface area contributed by atoms with Crippen molar-refractivity contribution in [2.75, 3.05) is 14.1 Å². The molecule has 0 spiro atoms. The van der Waals surface area contributed by atoms with Gasteiger partial charge in [-0.05, 0) is 24.3 Å². The third kappa shape index (κ3) is 2.52. The summed E-state index contributed by atoms with van der Waals surface area (Å²) in [6.45, 7) is 0. The molecular weight excluding hydrogens is 169 g/mol. The van der Waals surface area contributed by atoms with Gasteiger partial charge in [-0.1, -0.05) is 0 Å². The molecule has 0 fully saturated rings. The van der Waals surface area contributed by atoms with Gasteiger partial charge in [0.2, 0.25) is 0 Å². The lowest BCUT2D eigenvalue weighted by atomic mass is 10.2. The number of hydrogen-bond acceptors (Lipinski definition) is 2. The van der Waals surface area contributed by atoms with Crippen molar-refractivity contribution in [1.82, 2.24) is 10.9 Å². The fourth-order valence-corrected chi connectivity index (χ4v) is 0.983. The van der Waals surface area contributed by atoms with Crippen LogP contribution in [-0.4, -0.2) is 19.9 Å². The van der Waals surface area contributed by atoms with E-state index in [-0.39, 0.29) is 5.82 Å². The minimum Gasteiger partial charge on any atom is -0.306 e. The van der Waals surface area contributed by atoms with E-state index >= 15 is 0 Å². The van der Waals surface area contributed by atoms with Gasteiger partial charge in [-0.15, -0.1) is 0 Å². The molecule has 1 aromatic rings. The average molecular weight is 181 g/mol. The molecule has 0 radical (unpaired) electrons. The maximum Gasteiger partial charge on any atom is 0.142 e. The minimum absolute atomic E-state index is 0.247. The Morgan fingerprint density at radius 2 is 1.92 bits per heavy atom. The first-order valence-corrected chi connectivity index (χ1v) is 3.93. The molecule has 3 nitrogen and oxygen atoms in total. The maximum atomic E-state index is 12.6. The minimum atomic E-state index is -0.247. The summed E-state index contributed by atoms with van der Waals surface area (Å²) in [5.74, 6) is 0.436. The first-order valence-electron chi connectivity index (χ1n) is 3.93. The zero-order valence-electron chi connectivity index (χ0n) is 7.63. The molecule has 0 aliphatic carbocycles. The first kappa shape index (κ1) is 9.67. The van der Waals surface area contributed by atoms with Crippen LogP contribution in [0.2, 0.25) is 0 Å². The van der Waals surface area contributed by atoms with Crippen molar-refractivity contribution in [1.29, 1.82) is 0 Å². The number of hydrazine groups is 1. The molecule has 0 bridgehead atoms. The third-order valence-electron chi connectivity index (χ3n) is 1.58. The molecule has 0 unspecified atom stereocenters. The highest BCUT2D eigenvalue weighted by molar-refractivity contribution is 5.98. The van der Waals surface area contributed by atoms with Gasteiger partial charge >= 0.3 is 0 Å². The van der Waals surface area contributed by atoms with Crippen molar-refractivity contribution in [2.45, 2.75) is 0 Å². The number of benzene rings is 1.